The van der Waals surface area contributed by atoms with E-state index in [1.807, 2.05) is 0 Å². The van der Waals surface area contributed by atoms with Gasteiger partial charge < -0.3 is 14.6 Å². The molecule has 0 aliphatic carbocycles. The summed E-state index contributed by atoms with van der Waals surface area (Å²) in [6.07, 6.45) is -4.10. The van der Waals surface area contributed by atoms with Crippen molar-refractivity contribution in [3.8, 4) is 0 Å². The van der Waals surface area contributed by atoms with Gasteiger partial charge in [-0.15, -0.1) is 0 Å². The Labute approximate surface area is 152 Å². The number of methoxy groups -OCH3 is 1. The Morgan fingerprint density at radius 3 is 2.52 bits per heavy atom. The zero-order valence-electron chi connectivity index (χ0n) is 14.6. The number of nitro benzene ring substituents is 2. The Hall–Kier alpha value is -3.12. The number of hydrogen-bond acceptors (Lipinski definition) is 9. The Morgan fingerprint density at radius 1 is 1.37 bits per heavy atom. The molecule has 2 atom stereocenters. The first-order chi connectivity index (χ1) is 12.5. The zero-order chi connectivity index (χ0) is 20.5. The van der Waals surface area contributed by atoms with Crippen LogP contribution in [-0.4, -0.2) is 57.2 Å². The lowest BCUT2D eigenvalue weighted by atomic mass is 9.96. The second-order valence-electron chi connectivity index (χ2n) is 6.21. The van der Waals surface area contributed by atoms with Crippen LogP contribution in [0.5, 0.6) is 0 Å². The molecule has 0 unspecified atom stereocenters. The van der Waals surface area contributed by atoms with Crippen molar-refractivity contribution in [1.82, 2.24) is 4.90 Å². The van der Waals surface area contributed by atoms with Crippen LogP contribution in [0, 0.1) is 20.2 Å². The third-order valence-corrected chi connectivity index (χ3v) is 4.12. The molecule has 0 spiro atoms. The highest BCUT2D eigenvalue weighted by atomic mass is 16.6. The first-order valence-electron chi connectivity index (χ1n) is 7.66. The van der Waals surface area contributed by atoms with Crippen LogP contribution in [0.3, 0.4) is 0 Å². The largest absolute Gasteiger partial charge is 0.453 e. The minimum absolute atomic E-state index is 0.314. The van der Waals surface area contributed by atoms with Crippen LogP contribution in [0.25, 0.3) is 0 Å². The topological polar surface area (TPSA) is 162 Å². The maximum atomic E-state index is 12.4. The van der Waals surface area contributed by atoms with Gasteiger partial charge in [-0.1, -0.05) is 0 Å². The molecule has 12 nitrogen and oxygen atoms in total. The number of ether oxygens (including phenoxy) is 2. The van der Waals surface area contributed by atoms with Crippen molar-refractivity contribution in [3.63, 3.8) is 0 Å². The first-order valence-corrected chi connectivity index (χ1v) is 7.66. The fraction of sp³-hybridized carbons (Fsp3) is 0.467. The predicted molar refractivity (Wildman–Crippen MR) is 87.8 cm³/mol. The summed E-state index contributed by atoms with van der Waals surface area (Å²) in [6, 6.07) is 2.67. The second-order valence-corrected chi connectivity index (χ2v) is 6.21. The Kier molecular flexibility index (Phi) is 5.42. The molecule has 2 rings (SSSR count). The van der Waals surface area contributed by atoms with Crippen LogP contribution >= 0.6 is 0 Å². The number of hydrogen-bond donors (Lipinski definition) is 1. The van der Waals surface area contributed by atoms with E-state index < -0.39 is 57.6 Å². The molecular formula is C15H17N3O9. The summed E-state index contributed by atoms with van der Waals surface area (Å²) in [6.45, 7) is 2.48. The summed E-state index contributed by atoms with van der Waals surface area (Å²) >= 11 is 0. The first kappa shape index (κ1) is 20.2. The van der Waals surface area contributed by atoms with Crippen molar-refractivity contribution in [3.05, 3.63) is 44.0 Å². The van der Waals surface area contributed by atoms with Crippen molar-refractivity contribution in [2.75, 3.05) is 13.7 Å². The van der Waals surface area contributed by atoms with E-state index in [1.54, 1.807) is 0 Å². The van der Waals surface area contributed by atoms with Gasteiger partial charge in [0.2, 0.25) is 0 Å². The fourth-order valence-corrected chi connectivity index (χ4v) is 2.73. The Bertz CT molecular complexity index is 808. The number of nitrogens with zero attached hydrogens (tertiary/aromatic N) is 3. The molecule has 1 amide bonds. The van der Waals surface area contributed by atoms with Crippen molar-refractivity contribution in [1.29, 1.82) is 0 Å². The van der Waals surface area contributed by atoms with E-state index in [1.165, 1.54) is 13.8 Å². The van der Waals surface area contributed by atoms with Crippen molar-refractivity contribution < 1.29 is 34.0 Å². The van der Waals surface area contributed by atoms with E-state index in [-0.39, 0.29) is 5.56 Å². The lowest BCUT2D eigenvalue weighted by Crippen LogP contribution is -2.61. The van der Waals surface area contributed by atoms with Gasteiger partial charge in [0.25, 0.3) is 11.4 Å². The molecule has 1 fully saturated rings. The summed E-state index contributed by atoms with van der Waals surface area (Å²) in [5, 5.41) is 32.6. The van der Waals surface area contributed by atoms with Gasteiger partial charge in [-0.05, 0) is 19.9 Å². The highest BCUT2D eigenvalue weighted by Crippen LogP contribution is 2.36. The van der Waals surface area contributed by atoms with Crippen molar-refractivity contribution in [2.45, 2.75) is 31.8 Å². The van der Waals surface area contributed by atoms with E-state index >= 15 is 0 Å². The third kappa shape index (κ3) is 3.85. The highest BCUT2D eigenvalue weighted by molar-refractivity contribution is 5.89. The fourth-order valence-electron chi connectivity index (χ4n) is 2.73. The molecule has 1 N–H and O–H groups in total. The second kappa shape index (κ2) is 7.25. The molecule has 0 aromatic heterocycles. The van der Waals surface area contributed by atoms with E-state index in [9.17, 15) is 34.9 Å². The Balaban J connectivity index is 2.39. The van der Waals surface area contributed by atoms with E-state index in [0.29, 0.717) is 6.07 Å². The van der Waals surface area contributed by atoms with Gasteiger partial charge in [-0.3, -0.25) is 29.9 Å². The molecule has 1 aromatic carbocycles. The van der Waals surface area contributed by atoms with Crippen LogP contribution in [0.1, 0.15) is 25.5 Å². The number of Topliss-reactive ketones (excluding diaryl/α,β-unsaturated/α-hetero) is 1. The molecule has 1 aromatic rings. The molecule has 1 aliphatic heterocycles. The Morgan fingerprint density at radius 2 is 2.00 bits per heavy atom. The molecule has 1 heterocycles. The van der Waals surface area contributed by atoms with Gasteiger partial charge in [0.15, 0.2) is 11.9 Å². The summed E-state index contributed by atoms with van der Waals surface area (Å²) in [7, 11) is 1.13. The van der Waals surface area contributed by atoms with Gasteiger partial charge in [-0.25, -0.2) is 4.79 Å². The van der Waals surface area contributed by atoms with Crippen LogP contribution in [-0.2, 0) is 14.3 Å². The van der Waals surface area contributed by atoms with Gasteiger partial charge in [0.1, 0.15) is 11.8 Å². The average Bonchev–Trinajstić information content (AvgIpc) is 2.61. The summed E-state index contributed by atoms with van der Waals surface area (Å²) < 4.78 is 10.1. The van der Waals surface area contributed by atoms with Crippen molar-refractivity contribution in [2.24, 2.45) is 0 Å². The van der Waals surface area contributed by atoms with Crippen LogP contribution in [0.15, 0.2) is 18.2 Å². The number of benzene rings is 1. The number of carbonyl (C=O) groups excluding carboxylic acids is 2. The lowest BCUT2D eigenvalue weighted by Gasteiger charge is -2.44. The van der Waals surface area contributed by atoms with Crippen LogP contribution in [0.4, 0.5) is 16.2 Å². The molecule has 0 bridgehead atoms. The molecule has 12 heteroatoms. The number of amides is 1. The molecule has 0 radical (unpaired) electrons. The quantitative estimate of drug-likeness (QED) is 0.596. The smallest absolute Gasteiger partial charge is 0.412 e. The highest BCUT2D eigenvalue weighted by Gasteiger charge is 2.47. The number of aliphatic hydroxyl groups is 1. The maximum absolute atomic E-state index is 12.4. The monoisotopic (exact) mass is 383 g/mol. The zero-order valence-corrected chi connectivity index (χ0v) is 14.6. The standard InChI is InChI=1S/C15H17N3O9/c1-15(2)16(14(21)26-3)7-11(19)13(27-15)12(20)9-5-4-8(17(22)23)6-10(9)18(24)25/h4-6,12-13,20H,7H2,1-3H3/t12-,13+/m0/s1. The number of rotatable bonds is 4. The number of carbonyl (C=O) groups is 2. The average molecular weight is 383 g/mol. The molecule has 0 saturated carbocycles. The number of aliphatic hydroxyl groups excluding tert-OH is 1. The van der Waals surface area contributed by atoms with Crippen molar-refractivity contribution >= 4 is 23.3 Å². The minimum atomic E-state index is -1.77. The van der Waals surface area contributed by atoms with Crippen LogP contribution < -0.4 is 0 Å². The summed E-state index contributed by atoms with van der Waals surface area (Å²) in [5.74, 6) is -0.708. The normalized spacial score (nSPS) is 20.1. The number of ketones is 1. The minimum Gasteiger partial charge on any atom is -0.453 e. The molecule has 27 heavy (non-hydrogen) atoms. The van der Waals surface area contributed by atoms with E-state index in [2.05, 4.69) is 4.74 Å². The van der Waals surface area contributed by atoms with Gasteiger partial charge >= 0.3 is 6.09 Å². The molecule has 146 valence electrons. The summed E-state index contributed by atoms with van der Waals surface area (Å²) in [5.41, 5.74) is -2.92. The van der Waals surface area contributed by atoms with Gasteiger partial charge in [-0.2, -0.15) is 0 Å². The predicted octanol–water partition coefficient (Wildman–Crippen LogP) is 1.31. The van der Waals surface area contributed by atoms with E-state index in [4.69, 9.17) is 4.74 Å². The number of non-ortho nitro benzene ring substituents is 1. The maximum Gasteiger partial charge on any atom is 0.412 e. The number of nitro groups is 2. The SMILES string of the molecule is COC(=O)N1CC(=O)[C@H]([C@@H](O)c2ccc([N+](=O)[O-])cc2[N+](=O)[O-])OC1(C)C. The van der Waals surface area contributed by atoms with Gasteiger partial charge in [0, 0.05) is 6.07 Å². The molecular weight excluding hydrogens is 366 g/mol. The third-order valence-electron chi connectivity index (χ3n) is 4.12. The van der Waals surface area contributed by atoms with Crippen LogP contribution in [0.2, 0.25) is 0 Å². The molecule has 1 saturated heterocycles. The van der Waals surface area contributed by atoms with Gasteiger partial charge in [0.05, 0.1) is 35.1 Å². The summed E-state index contributed by atoms with van der Waals surface area (Å²) in [4.78, 5) is 45.5. The molecule has 1 aliphatic rings. The lowest BCUT2D eigenvalue weighted by molar-refractivity contribution is -0.395. The van der Waals surface area contributed by atoms with E-state index in [0.717, 1.165) is 24.1 Å².